The van der Waals surface area contributed by atoms with E-state index in [1.165, 1.54) is 5.57 Å². The molecular formula is C14H22O3. The van der Waals surface area contributed by atoms with Crippen molar-refractivity contribution < 1.29 is 14.6 Å². The van der Waals surface area contributed by atoms with Gasteiger partial charge in [0.25, 0.3) is 0 Å². The van der Waals surface area contributed by atoms with Crippen LogP contribution in [0.2, 0.25) is 0 Å². The lowest BCUT2D eigenvalue weighted by Gasteiger charge is -2.38. The van der Waals surface area contributed by atoms with Crippen LogP contribution in [-0.2, 0) is 9.53 Å². The number of hydrogen-bond acceptors (Lipinski definition) is 2. The summed E-state index contributed by atoms with van der Waals surface area (Å²) in [6.45, 7) is 5.07. The van der Waals surface area contributed by atoms with Crippen molar-refractivity contribution in [1.82, 2.24) is 0 Å². The van der Waals surface area contributed by atoms with Crippen molar-refractivity contribution >= 4 is 5.97 Å². The minimum Gasteiger partial charge on any atom is -0.481 e. The van der Waals surface area contributed by atoms with Gasteiger partial charge in [-0.15, -0.1) is 0 Å². The van der Waals surface area contributed by atoms with Crippen LogP contribution in [0.25, 0.3) is 0 Å². The normalized spacial score (nSPS) is 38.6. The predicted molar refractivity (Wildman–Crippen MR) is 65.7 cm³/mol. The van der Waals surface area contributed by atoms with Gasteiger partial charge in [-0.3, -0.25) is 4.79 Å². The van der Waals surface area contributed by atoms with Crippen molar-refractivity contribution in [2.45, 2.75) is 45.6 Å². The molecule has 17 heavy (non-hydrogen) atoms. The lowest BCUT2D eigenvalue weighted by atomic mass is 9.75. The lowest BCUT2D eigenvalue weighted by Crippen LogP contribution is -2.41. The average molecular weight is 238 g/mol. The van der Waals surface area contributed by atoms with Gasteiger partial charge in [-0.2, -0.15) is 0 Å². The van der Waals surface area contributed by atoms with Gasteiger partial charge in [-0.25, -0.2) is 0 Å². The second kappa shape index (κ2) is 5.21. The second-order valence-corrected chi connectivity index (χ2v) is 5.61. The van der Waals surface area contributed by atoms with Crippen LogP contribution in [0.4, 0.5) is 0 Å². The number of carboxylic acids is 1. The molecule has 4 atom stereocenters. The summed E-state index contributed by atoms with van der Waals surface area (Å²) in [6.07, 6.45) is 5.94. The molecular weight excluding hydrogens is 216 g/mol. The number of hydrogen-bond donors (Lipinski definition) is 1. The minimum absolute atomic E-state index is 0.0765. The summed E-state index contributed by atoms with van der Waals surface area (Å²) in [5.41, 5.74) is 1.38. The van der Waals surface area contributed by atoms with E-state index in [2.05, 4.69) is 19.9 Å². The molecule has 0 bridgehead atoms. The van der Waals surface area contributed by atoms with Crippen LogP contribution in [0.3, 0.4) is 0 Å². The molecule has 0 amide bonds. The second-order valence-electron chi connectivity index (χ2n) is 5.61. The van der Waals surface area contributed by atoms with E-state index in [4.69, 9.17) is 4.74 Å². The first kappa shape index (κ1) is 12.6. The van der Waals surface area contributed by atoms with Gasteiger partial charge in [-0.1, -0.05) is 18.6 Å². The van der Waals surface area contributed by atoms with E-state index >= 15 is 0 Å². The van der Waals surface area contributed by atoms with Crippen molar-refractivity contribution in [2.75, 3.05) is 6.61 Å². The fourth-order valence-electron chi connectivity index (χ4n) is 3.38. The Labute approximate surface area is 103 Å². The highest BCUT2D eigenvalue weighted by Crippen LogP contribution is 2.37. The van der Waals surface area contributed by atoms with Crippen LogP contribution in [0, 0.1) is 17.8 Å². The first-order chi connectivity index (χ1) is 8.08. The monoisotopic (exact) mass is 238 g/mol. The highest BCUT2D eigenvalue weighted by atomic mass is 16.5. The Hall–Kier alpha value is -0.830. The van der Waals surface area contributed by atoms with E-state index in [0.717, 1.165) is 32.3 Å². The number of ether oxygens (including phenoxy) is 1. The molecule has 3 heteroatoms. The average Bonchev–Trinajstić information content (AvgIpc) is 2.27. The molecule has 1 saturated heterocycles. The number of carbonyl (C=O) groups is 1. The molecule has 1 aliphatic heterocycles. The minimum atomic E-state index is -0.686. The van der Waals surface area contributed by atoms with Gasteiger partial charge in [0.2, 0.25) is 0 Å². The van der Waals surface area contributed by atoms with Gasteiger partial charge in [-0.05, 0) is 44.4 Å². The van der Waals surface area contributed by atoms with Crippen molar-refractivity contribution in [3.05, 3.63) is 11.6 Å². The van der Waals surface area contributed by atoms with Crippen LogP contribution < -0.4 is 0 Å². The first-order valence-corrected chi connectivity index (χ1v) is 6.59. The van der Waals surface area contributed by atoms with Gasteiger partial charge in [0.05, 0.1) is 12.0 Å². The smallest absolute Gasteiger partial charge is 0.309 e. The van der Waals surface area contributed by atoms with Crippen LogP contribution >= 0.6 is 0 Å². The van der Waals surface area contributed by atoms with Crippen molar-refractivity contribution in [1.29, 1.82) is 0 Å². The molecule has 0 aromatic rings. The zero-order valence-corrected chi connectivity index (χ0v) is 10.7. The Morgan fingerprint density at radius 2 is 2.29 bits per heavy atom. The van der Waals surface area contributed by atoms with E-state index in [0.29, 0.717) is 11.8 Å². The van der Waals surface area contributed by atoms with Crippen molar-refractivity contribution in [2.24, 2.45) is 17.8 Å². The summed E-state index contributed by atoms with van der Waals surface area (Å²) in [5, 5.41) is 9.28. The summed E-state index contributed by atoms with van der Waals surface area (Å²) in [5.74, 6) is -0.0495. The summed E-state index contributed by atoms with van der Waals surface area (Å²) in [7, 11) is 0. The largest absolute Gasteiger partial charge is 0.481 e. The summed E-state index contributed by atoms with van der Waals surface area (Å²) in [6, 6.07) is 0. The molecule has 1 N–H and O–H groups in total. The van der Waals surface area contributed by atoms with Crippen LogP contribution in [-0.4, -0.2) is 23.8 Å². The van der Waals surface area contributed by atoms with Crippen LogP contribution in [0.15, 0.2) is 11.6 Å². The van der Waals surface area contributed by atoms with Gasteiger partial charge >= 0.3 is 5.97 Å². The van der Waals surface area contributed by atoms with E-state index in [1.54, 1.807) is 0 Å². The zero-order valence-electron chi connectivity index (χ0n) is 10.7. The topological polar surface area (TPSA) is 46.5 Å². The molecule has 1 heterocycles. The maximum Gasteiger partial charge on any atom is 0.309 e. The molecule has 0 aromatic heterocycles. The fraction of sp³-hybridized carbons (Fsp3) is 0.786. The first-order valence-electron chi connectivity index (χ1n) is 6.59. The van der Waals surface area contributed by atoms with E-state index in [9.17, 15) is 9.90 Å². The summed E-state index contributed by atoms with van der Waals surface area (Å²) < 4.78 is 5.78. The molecule has 0 radical (unpaired) electrons. The number of aliphatic carboxylic acids is 1. The standard InChI is InChI=1S/C14H22O3/c1-9-6-10(2)8-11(7-9)13-12(14(15)16)4-3-5-17-13/h6,9,11-13H,3-5,7-8H2,1-2H3,(H,15,16). The maximum absolute atomic E-state index is 11.3. The quantitative estimate of drug-likeness (QED) is 0.752. The van der Waals surface area contributed by atoms with E-state index < -0.39 is 5.97 Å². The summed E-state index contributed by atoms with van der Waals surface area (Å²) in [4.78, 5) is 11.3. The molecule has 2 rings (SSSR count). The van der Waals surface area contributed by atoms with Crippen LogP contribution in [0.5, 0.6) is 0 Å². The van der Waals surface area contributed by atoms with Crippen LogP contribution in [0.1, 0.15) is 39.5 Å². The SMILES string of the molecule is CC1=CC(C)CC(C2OCCCC2C(=O)O)C1. The summed E-state index contributed by atoms with van der Waals surface area (Å²) >= 11 is 0. The van der Waals surface area contributed by atoms with E-state index in [1.807, 2.05) is 0 Å². The molecule has 2 aliphatic rings. The van der Waals surface area contributed by atoms with Crippen molar-refractivity contribution in [3.8, 4) is 0 Å². The molecule has 0 spiro atoms. The predicted octanol–water partition coefficient (Wildman–Crippen LogP) is 2.86. The van der Waals surface area contributed by atoms with E-state index in [-0.39, 0.29) is 12.0 Å². The Morgan fingerprint density at radius 1 is 1.53 bits per heavy atom. The number of rotatable bonds is 2. The Bertz CT molecular complexity index is 321. The third kappa shape index (κ3) is 2.89. The third-order valence-corrected chi connectivity index (χ3v) is 3.98. The van der Waals surface area contributed by atoms with Gasteiger partial charge < -0.3 is 9.84 Å². The molecule has 96 valence electrons. The zero-order chi connectivity index (χ0) is 12.4. The molecule has 0 aromatic carbocycles. The van der Waals surface area contributed by atoms with Crippen molar-refractivity contribution in [3.63, 3.8) is 0 Å². The lowest BCUT2D eigenvalue weighted by molar-refractivity contribution is -0.155. The maximum atomic E-state index is 11.3. The molecule has 4 unspecified atom stereocenters. The van der Waals surface area contributed by atoms with Gasteiger partial charge in [0.15, 0.2) is 0 Å². The Balaban J connectivity index is 2.09. The fourth-order valence-corrected chi connectivity index (χ4v) is 3.38. The molecule has 0 saturated carbocycles. The van der Waals surface area contributed by atoms with Gasteiger partial charge in [0, 0.05) is 6.61 Å². The third-order valence-electron chi connectivity index (χ3n) is 3.98. The number of allylic oxidation sites excluding steroid dienone is 2. The number of carboxylic acid groups (broad SMARTS) is 1. The highest BCUT2D eigenvalue weighted by Gasteiger charge is 2.38. The molecule has 1 fully saturated rings. The van der Waals surface area contributed by atoms with Gasteiger partial charge in [0.1, 0.15) is 0 Å². The molecule has 3 nitrogen and oxygen atoms in total. The Morgan fingerprint density at radius 3 is 2.94 bits per heavy atom. The Kier molecular flexibility index (Phi) is 3.87. The molecule has 1 aliphatic carbocycles. The highest BCUT2D eigenvalue weighted by molar-refractivity contribution is 5.70.